The van der Waals surface area contributed by atoms with Gasteiger partial charge in [0.1, 0.15) is 0 Å². The lowest BCUT2D eigenvalue weighted by atomic mass is 9.72. The number of rotatable bonds is 4. The highest BCUT2D eigenvalue weighted by atomic mass is 32.1. The number of amides is 2. The Kier molecular flexibility index (Phi) is 5.03. The third-order valence-corrected chi connectivity index (χ3v) is 7.85. The molecule has 6 heteroatoms. The number of carbonyl (C=O) groups excluding carboxylic acids is 2. The molecule has 0 bridgehead atoms. The molecule has 0 spiro atoms. The van der Waals surface area contributed by atoms with Gasteiger partial charge in [0.05, 0.1) is 23.2 Å². The molecule has 0 saturated carbocycles. The zero-order valence-electron chi connectivity index (χ0n) is 18.6. The minimum atomic E-state index is -0.522. The quantitative estimate of drug-likeness (QED) is 0.387. The van der Waals surface area contributed by atoms with E-state index in [0.29, 0.717) is 12.1 Å². The van der Waals surface area contributed by atoms with E-state index < -0.39 is 11.8 Å². The van der Waals surface area contributed by atoms with Crippen molar-refractivity contribution >= 4 is 39.7 Å². The Morgan fingerprint density at radius 3 is 2.26 bits per heavy atom. The molecule has 5 nitrogen and oxygen atoms in total. The van der Waals surface area contributed by atoms with Crippen LogP contribution in [0.3, 0.4) is 0 Å². The average molecular weight is 466 g/mol. The first-order chi connectivity index (χ1) is 16.6. The van der Waals surface area contributed by atoms with Crippen LogP contribution in [-0.2, 0) is 16.0 Å². The summed E-state index contributed by atoms with van der Waals surface area (Å²) in [4.78, 5) is 34.7. The van der Waals surface area contributed by atoms with E-state index in [0.717, 1.165) is 27.0 Å². The number of para-hydroxylation sites is 2. The van der Waals surface area contributed by atoms with E-state index in [1.165, 1.54) is 21.8 Å². The molecule has 6 rings (SSSR count). The van der Waals surface area contributed by atoms with Gasteiger partial charge in [-0.3, -0.25) is 9.59 Å². The predicted octanol–water partition coefficient (Wildman–Crippen LogP) is 5.81. The third-order valence-electron chi connectivity index (χ3n) is 6.75. The molecule has 4 aromatic rings. The Hall–Kier alpha value is -3.77. The highest BCUT2D eigenvalue weighted by molar-refractivity contribution is 7.16. The van der Waals surface area contributed by atoms with E-state index in [1.807, 2.05) is 60.7 Å². The standard InChI is InChI=1S/C28H23N3O2S/c1-17-12-14-18(15-13-17)21-16-22-25(34-28(30-22)29-19-8-4-2-5-9-19)24-23(21)26(32)31(27(24)33)20-10-6-3-7-11-20/h2-15,21,23-24H,16H2,1H3,(H,29,30)/t21-,23+,24+/m0/s1. The number of carbonyl (C=O) groups is 2. The average Bonchev–Trinajstić information content (AvgIpc) is 3.37. The second-order valence-electron chi connectivity index (χ2n) is 8.89. The number of aromatic nitrogens is 1. The topological polar surface area (TPSA) is 62.3 Å². The molecule has 34 heavy (non-hydrogen) atoms. The maximum Gasteiger partial charge on any atom is 0.243 e. The Labute approximate surface area is 202 Å². The maximum atomic E-state index is 13.8. The first kappa shape index (κ1) is 20.8. The molecular weight excluding hydrogens is 442 g/mol. The number of benzene rings is 3. The van der Waals surface area contributed by atoms with E-state index in [9.17, 15) is 9.59 Å². The lowest BCUT2D eigenvalue weighted by molar-refractivity contribution is -0.122. The summed E-state index contributed by atoms with van der Waals surface area (Å²) in [7, 11) is 0. The molecule has 2 aliphatic rings. The molecule has 1 aliphatic heterocycles. The van der Waals surface area contributed by atoms with Crippen molar-refractivity contribution in [1.29, 1.82) is 0 Å². The lowest BCUT2D eigenvalue weighted by Gasteiger charge is -2.30. The molecule has 0 radical (unpaired) electrons. The zero-order chi connectivity index (χ0) is 23.2. The first-order valence-corrected chi connectivity index (χ1v) is 12.2. The number of hydrogen-bond acceptors (Lipinski definition) is 5. The van der Waals surface area contributed by atoms with E-state index in [-0.39, 0.29) is 17.7 Å². The molecule has 3 aromatic carbocycles. The van der Waals surface area contributed by atoms with Crippen LogP contribution in [0.2, 0.25) is 0 Å². The number of fused-ring (bicyclic) bond motifs is 3. The number of nitrogens with one attached hydrogen (secondary N) is 1. The van der Waals surface area contributed by atoms with Crippen molar-refractivity contribution in [3.8, 4) is 0 Å². The first-order valence-electron chi connectivity index (χ1n) is 11.4. The van der Waals surface area contributed by atoms with Gasteiger partial charge in [0.25, 0.3) is 0 Å². The number of imide groups is 1. The molecule has 1 saturated heterocycles. The fraction of sp³-hybridized carbons (Fsp3) is 0.179. The van der Waals surface area contributed by atoms with Crippen LogP contribution in [0.25, 0.3) is 0 Å². The van der Waals surface area contributed by atoms with Gasteiger partial charge in [0, 0.05) is 16.5 Å². The Morgan fingerprint density at radius 1 is 0.882 bits per heavy atom. The van der Waals surface area contributed by atoms with Crippen LogP contribution < -0.4 is 10.2 Å². The molecule has 1 N–H and O–H groups in total. The van der Waals surface area contributed by atoms with Crippen molar-refractivity contribution in [3.05, 3.63) is 107 Å². The van der Waals surface area contributed by atoms with Crippen molar-refractivity contribution in [2.45, 2.75) is 25.2 Å². The summed E-state index contributed by atoms with van der Waals surface area (Å²) >= 11 is 1.49. The van der Waals surface area contributed by atoms with Crippen LogP contribution >= 0.6 is 11.3 Å². The summed E-state index contributed by atoms with van der Waals surface area (Å²) in [6.07, 6.45) is 0.633. The molecule has 1 fully saturated rings. The van der Waals surface area contributed by atoms with E-state index in [1.54, 1.807) is 0 Å². The molecule has 168 valence electrons. The summed E-state index contributed by atoms with van der Waals surface area (Å²) in [6.45, 7) is 2.05. The van der Waals surface area contributed by atoms with Crippen molar-refractivity contribution in [3.63, 3.8) is 0 Å². The van der Waals surface area contributed by atoms with Gasteiger partial charge < -0.3 is 5.32 Å². The summed E-state index contributed by atoms with van der Waals surface area (Å²) < 4.78 is 0. The van der Waals surface area contributed by atoms with Gasteiger partial charge in [-0.15, -0.1) is 11.3 Å². The molecule has 2 heterocycles. The number of anilines is 3. The Morgan fingerprint density at radius 2 is 1.56 bits per heavy atom. The van der Waals surface area contributed by atoms with E-state index >= 15 is 0 Å². The van der Waals surface area contributed by atoms with Crippen LogP contribution in [0, 0.1) is 12.8 Å². The van der Waals surface area contributed by atoms with Gasteiger partial charge in [-0.25, -0.2) is 9.88 Å². The number of hydrogen-bond donors (Lipinski definition) is 1. The molecular formula is C28H23N3O2S. The van der Waals surface area contributed by atoms with Gasteiger partial charge >= 0.3 is 0 Å². The second kappa shape index (κ2) is 8.22. The summed E-state index contributed by atoms with van der Waals surface area (Å²) in [5.41, 5.74) is 4.72. The van der Waals surface area contributed by atoms with Crippen LogP contribution in [0.5, 0.6) is 0 Å². The van der Waals surface area contributed by atoms with Crippen LogP contribution in [0.4, 0.5) is 16.5 Å². The van der Waals surface area contributed by atoms with E-state index in [4.69, 9.17) is 4.98 Å². The molecule has 1 aliphatic carbocycles. The maximum absolute atomic E-state index is 13.8. The molecule has 2 amide bonds. The highest BCUT2D eigenvalue weighted by Gasteiger charge is 2.56. The summed E-state index contributed by atoms with van der Waals surface area (Å²) in [6, 6.07) is 27.4. The van der Waals surface area contributed by atoms with Crippen LogP contribution in [-0.4, -0.2) is 16.8 Å². The largest absolute Gasteiger partial charge is 0.332 e. The molecule has 3 atom stereocenters. The van der Waals surface area contributed by atoms with Crippen LogP contribution in [0.15, 0.2) is 84.9 Å². The fourth-order valence-electron chi connectivity index (χ4n) is 5.13. The minimum absolute atomic E-state index is 0.102. The minimum Gasteiger partial charge on any atom is -0.332 e. The normalized spacial score (nSPS) is 21.3. The zero-order valence-corrected chi connectivity index (χ0v) is 19.5. The van der Waals surface area contributed by atoms with Gasteiger partial charge in [0.2, 0.25) is 11.8 Å². The van der Waals surface area contributed by atoms with Crippen LogP contribution in [0.1, 0.15) is 33.5 Å². The van der Waals surface area contributed by atoms with Gasteiger partial charge in [-0.1, -0.05) is 66.2 Å². The second-order valence-corrected chi connectivity index (χ2v) is 9.92. The Bertz CT molecular complexity index is 1370. The van der Waals surface area contributed by atoms with Gasteiger partial charge in [0.15, 0.2) is 5.13 Å². The van der Waals surface area contributed by atoms with Gasteiger partial charge in [-0.2, -0.15) is 0 Å². The number of aryl methyl sites for hydroxylation is 1. The van der Waals surface area contributed by atoms with Crippen molar-refractivity contribution in [2.75, 3.05) is 10.2 Å². The highest BCUT2D eigenvalue weighted by Crippen LogP contribution is 2.52. The lowest BCUT2D eigenvalue weighted by Crippen LogP contribution is -2.32. The number of nitrogens with zero attached hydrogens (tertiary/aromatic N) is 2. The summed E-state index contributed by atoms with van der Waals surface area (Å²) in [5, 5.41) is 4.12. The Balaban J connectivity index is 1.45. The monoisotopic (exact) mass is 465 g/mol. The molecule has 0 unspecified atom stereocenters. The van der Waals surface area contributed by atoms with Crippen molar-refractivity contribution < 1.29 is 9.59 Å². The molecule has 1 aromatic heterocycles. The third kappa shape index (κ3) is 3.42. The fourth-order valence-corrected chi connectivity index (χ4v) is 6.28. The summed E-state index contributed by atoms with van der Waals surface area (Å²) in [5.74, 6) is -1.34. The van der Waals surface area contributed by atoms with E-state index in [2.05, 4.69) is 36.5 Å². The smallest absolute Gasteiger partial charge is 0.243 e. The number of thiazole rings is 1. The van der Waals surface area contributed by atoms with Crippen molar-refractivity contribution in [2.24, 2.45) is 5.92 Å². The SMILES string of the molecule is Cc1ccc([C@@H]2Cc3nc(Nc4ccccc4)sc3[C@@H]3C(=O)N(c4ccccc4)C(=O)[C@H]23)cc1. The predicted molar refractivity (Wildman–Crippen MR) is 135 cm³/mol. The van der Waals surface area contributed by atoms with Crippen molar-refractivity contribution in [1.82, 2.24) is 4.98 Å². The van der Waals surface area contributed by atoms with Gasteiger partial charge in [-0.05, 0) is 43.2 Å².